The second-order valence-corrected chi connectivity index (χ2v) is 8.78. The zero-order chi connectivity index (χ0) is 15.7. The molecular formula is C13H17N3O3S3. The average molecular weight is 359 g/mol. The Morgan fingerprint density at radius 3 is 3.00 bits per heavy atom. The quantitative estimate of drug-likeness (QED) is 0.764. The number of aromatic nitrogens is 2. The standard InChI is InChI=1S/C13H17N3O3S3/c1-2-15(10-5-7-22(17,18)8-10)9-16-13(20)19-12(14-16)11-4-3-6-21-11/h3-4,6,10H,2,5,7-9H2,1H3/t10-/m0/s1. The molecule has 1 fully saturated rings. The molecule has 0 unspecified atom stereocenters. The fraction of sp³-hybridized carbons (Fsp3) is 0.538. The summed E-state index contributed by atoms with van der Waals surface area (Å²) in [5.41, 5.74) is 0. The second-order valence-electron chi connectivity index (χ2n) is 5.25. The van der Waals surface area contributed by atoms with Crippen LogP contribution in [0.1, 0.15) is 13.3 Å². The molecule has 120 valence electrons. The molecule has 0 aliphatic carbocycles. The van der Waals surface area contributed by atoms with Crippen molar-refractivity contribution in [3.63, 3.8) is 0 Å². The topological polar surface area (TPSA) is 68.3 Å². The highest BCUT2D eigenvalue weighted by atomic mass is 32.2. The van der Waals surface area contributed by atoms with Crippen LogP contribution >= 0.6 is 23.6 Å². The van der Waals surface area contributed by atoms with Gasteiger partial charge in [-0.05, 0) is 36.6 Å². The molecule has 0 spiro atoms. The Kier molecular flexibility index (Phi) is 4.49. The summed E-state index contributed by atoms with van der Waals surface area (Å²) in [7, 11) is -2.90. The van der Waals surface area contributed by atoms with Crippen LogP contribution < -0.4 is 0 Å². The largest absolute Gasteiger partial charge is 0.408 e. The molecule has 1 atom stereocenters. The summed E-state index contributed by atoms with van der Waals surface area (Å²) >= 11 is 6.77. The molecule has 0 N–H and O–H groups in total. The molecule has 0 saturated carbocycles. The predicted molar refractivity (Wildman–Crippen MR) is 88.1 cm³/mol. The highest BCUT2D eigenvalue weighted by Crippen LogP contribution is 2.24. The minimum Gasteiger partial charge on any atom is -0.408 e. The molecule has 0 radical (unpaired) electrons. The number of nitrogens with zero attached hydrogens (tertiary/aromatic N) is 3. The van der Waals surface area contributed by atoms with Crippen molar-refractivity contribution in [2.75, 3.05) is 18.1 Å². The van der Waals surface area contributed by atoms with Crippen LogP contribution in [0.3, 0.4) is 0 Å². The van der Waals surface area contributed by atoms with E-state index in [1.54, 1.807) is 4.68 Å². The maximum atomic E-state index is 11.7. The third kappa shape index (κ3) is 3.32. The lowest BCUT2D eigenvalue weighted by Gasteiger charge is -2.25. The first-order valence-electron chi connectivity index (χ1n) is 7.05. The van der Waals surface area contributed by atoms with E-state index in [9.17, 15) is 8.42 Å². The van der Waals surface area contributed by atoms with Crippen molar-refractivity contribution >= 4 is 33.4 Å². The van der Waals surface area contributed by atoms with Crippen LogP contribution in [-0.2, 0) is 16.5 Å². The Hall–Kier alpha value is -1.03. The molecule has 1 saturated heterocycles. The van der Waals surface area contributed by atoms with E-state index in [0.717, 1.165) is 11.4 Å². The Labute approximate surface area is 138 Å². The molecule has 1 aliphatic rings. The Morgan fingerprint density at radius 1 is 1.59 bits per heavy atom. The van der Waals surface area contributed by atoms with Crippen LogP contribution in [0.2, 0.25) is 0 Å². The van der Waals surface area contributed by atoms with Gasteiger partial charge in [0.05, 0.1) is 23.1 Å². The van der Waals surface area contributed by atoms with Crippen molar-refractivity contribution < 1.29 is 12.8 Å². The van der Waals surface area contributed by atoms with E-state index in [-0.39, 0.29) is 17.5 Å². The van der Waals surface area contributed by atoms with Crippen LogP contribution in [-0.4, -0.2) is 47.2 Å². The van der Waals surface area contributed by atoms with Gasteiger partial charge < -0.3 is 4.42 Å². The number of rotatable bonds is 5. The summed E-state index contributed by atoms with van der Waals surface area (Å²) < 4.78 is 30.5. The van der Waals surface area contributed by atoms with Crippen LogP contribution in [0.25, 0.3) is 10.8 Å². The molecule has 3 heterocycles. The summed E-state index contributed by atoms with van der Waals surface area (Å²) in [6.07, 6.45) is 0.666. The predicted octanol–water partition coefficient (Wildman–Crippen LogP) is 2.40. The van der Waals surface area contributed by atoms with Crippen molar-refractivity contribution in [1.82, 2.24) is 14.7 Å². The smallest absolute Gasteiger partial charge is 0.288 e. The van der Waals surface area contributed by atoms with E-state index in [1.165, 1.54) is 11.3 Å². The zero-order valence-electron chi connectivity index (χ0n) is 12.1. The van der Waals surface area contributed by atoms with Crippen molar-refractivity contribution in [3.05, 3.63) is 22.4 Å². The number of hydrogen-bond acceptors (Lipinski definition) is 7. The molecule has 1 aliphatic heterocycles. The molecule has 2 aromatic heterocycles. The molecule has 0 aromatic carbocycles. The number of thiophene rings is 1. The summed E-state index contributed by atoms with van der Waals surface area (Å²) in [6.45, 7) is 3.20. The van der Waals surface area contributed by atoms with E-state index in [4.69, 9.17) is 16.6 Å². The van der Waals surface area contributed by atoms with Crippen LogP contribution in [0.4, 0.5) is 0 Å². The summed E-state index contributed by atoms with van der Waals surface area (Å²) in [5, 5.41) is 6.37. The van der Waals surface area contributed by atoms with Gasteiger partial charge in [0.15, 0.2) is 9.84 Å². The van der Waals surface area contributed by atoms with Gasteiger partial charge in [0, 0.05) is 6.04 Å². The highest BCUT2D eigenvalue weighted by molar-refractivity contribution is 7.91. The van der Waals surface area contributed by atoms with E-state index in [1.807, 2.05) is 24.4 Å². The maximum absolute atomic E-state index is 11.7. The molecule has 2 aromatic rings. The summed E-state index contributed by atoms with van der Waals surface area (Å²) in [6, 6.07) is 3.88. The average Bonchev–Trinajstić information content (AvgIpc) is 3.17. The monoisotopic (exact) mass is 359 g/mol. The van der Waals surface area contributed by atoms with Gasteiger partial charge in [-0.15, -0.1) is 16.4 Å². The third-order valence-corrected chi connectivity index (χ3v) is 6.69. The van der Waals surface area contributed by atoms with Crippen molar-refractivity contribution in [1.29, 1.82) is 0 Å². The molecule has 3 rings (SSSR count). The van der Waals surface area contributed by atoms with Crippen molar-refractivity contribution in [3.8, 4) is 10.8 Å². The molecule has 0 amide bonds. The van der Waals surface area contributed by atoms with E-state index >= 15 is 0 Å². The van der Waals surface area contributed by atoms with E-state index in [0.29, 0.717) is 23.8 Å². The van der Waals surface area contributed by atoms with Gasteiger partial charge in [-0.25, -0.2) is 13.1 Å². The molecule has 22 heavy (non-hydrogen) atoms. The first-order chi connectivity index (χ1) is 10.5. The van der Waals surface area contributed by atoms with Crippen LogP contribution in [0, 0.1) is 4.84 Å². The lowest BCUT2D eigenvalue weighted by Crippen LogP contribution is -2.37. The fourth-order valence-corrected chi connectivity index (χ4v) is 5.19. The van der Waals surface area contributed by atoms with Crippen LogP contribution in [0.5, 0.6) is 0 Å². The van der Waals surface area contributed by atoms with Crippen molar-refractivity contribution in [2.45, 2.75) is 26.1 Å². The first-order valence-corrected chi connectivity index (χ1v) is 10.2. The Balaban J connectivity index is 1.78. The normalized spacial score (nSPS) is 20.7. The van der Waals surface area contributed by atoms with Gasteiger partial charge in [-0.3, -0.25) is 4.90 Å². The number of hydrogen-bond donors (Lipinski definition) is 0. The fourth-order valence-electron chi connectivity index (χ4n) is 2.60. The van der Waals surface area contributed by atoms with Crippen LogP contribution in [0.15, 0.2) is 21.9 Å². The maximum Gasteiger partial charge on any atom is 0.288 e. The SMILES string of the molecule is CCN(Cn1nc(-c2cccs2)oc1=S)[C@H]1CCS(=O)(=O)C1. The third-order valence-electron chi connectivity index (χ3n) is 3.78. The zero-order valence-corrected chi connectivity index (χ0v) is 14.6. The molecular weight excluding hydrogens is 342 g/mol. The van der Waals surface area contributed by atoms with Gasteiger partial charge in [0.2, 0.25) is 0 Å². The summed E-state index contributed by atoms with van der Waals surface area (Å²) in [5.74, 6) is 0.984. The summed E-state index contributed by atoms with van der Waals surface area (Å²) in [4.78, 5) is 3.32. The Bertz CT molecular complexity index is 792. The van der Waals surface area contributed by atoms with E-state index < -0.39 is 9.84 Å². The lowest BCUT2D eigenvalue weighted by atomic mass is 10.2. The van der Waals surface area contributed by atoms with Gasteiger partial charge >= 0.3 is 0 Å². The molecule has 9 heteroatoms. The van der Waals surface area contributed by atoms with Gasteiger partial charge in [-0.2, -0.15) is 0 Å². The van der Waals surface area contributed by atoms with Gasteiger partial charge in [0.1, 0.15) is 0 Å². The minimum atomic E-state index is -2.90. The molecule has 6 nitrogen and oxygen atoms in total. The first kappa shape index (κ1) is 15.9. The van der Waals surface area contributed by atoms with E-state index in [2.05, 4.69) is 10.00 Å². The highest BCUT2D eigenvalue weighted by Gasteiger charge is 2.32. The minimum absolute atomic E-state index is 0.0267. The van der Waals surface area contributed by atoms with Crippen molar-refractivity contribution in [2.24, 2.45) is 0 Å². The molecule has 0 bridgehead atoms. The second kappa shape index (κ2) is 6.23. The Morgan fingerprint density at radius 2 is 2.41 bits per heavy atom. The van der Waals surface area contributed by atoms with Gasteiger partial charge in [0.25, 0.3) is 10.7 Å². The van der Waals surface area contributed by atoms with Gasteiger partial charge in [-0.1, -0.05) is 13.0 Å². The number of sulfone groups is 1. The lowest BCUT2D eigenvalue weighted by molar-refractivity contribution is 0.162.